The van der Waals surface area contributed by atoms with Crippen molar-refractivity contribution in [1.82, 2.24) is 4.90 Å². The molecular formula is C6H9N7O2. The van der Waals surface area contributed by atoms with E-state index in [2.05, 4.69) is 20.1 Å². The molecule has 0 radical (unpaired) electrons. The number of piperidine rings is 1. The van der Waals surface area contributed by atoms with E-state index in [9.17, 15) is 4.79 Å². The van der Waals surface area contributed by atoms with E-state index in [0.717, 1.165) is 0 Å². The van der Waals surface area contributed by atoms with Crippen LogP contribution in [0.25, 0.3) is 20.9 Å². The fraction of sp³-hybridized carbons (Fsp3) is 0.833. The van der Waals surface area contributed by atoms with Crippen molar-refractivity contribution in [3.8, 4) is 0 Å². The van der Waals surface area contributed by atoms with Gasteiger partial charge in [-0.3, -0.25) is 0 Å². The van der Waals surface area contributed by atoms with Gasteiger partial charge in [-0.1, -0.05) is 10.2 Å². The summed E-state index contributed by atoms with van der Waals surface area (Å²) in [6.07, 6.45) is -0.591. The van der Waals surface area contributed by atoms with Crippen LogP contribution in [0.3, 0.4) is 0 Å². The van der Waals surface area contributed by atoms with Crippen molar-refractivity contribution in [2.45, 2.75) is 18.5 Å². The topological polar surface area (TPSA) is 138 Å². The lowest BCUT2D eigenvalue weighted by atomic mass is 9.99. The van der Waals surface area contributed by atoms with Gasteiger partial charge in [-0.25, -0.2) is 4.79 Å². The Balaban J connectivity index is 2.77. The summed E-state index contributed by atoms with van der Waals surface area (Å²) < 4.78 is 0. The summed E-state index contributed by atoms with van der Waals surface area (Å²) >= 11 is 0. The van der Waals surface area contributed by atoms with Gasteiger partial charge in [0.1, 0.15) is 5.66 Å². The van der Waals surface area contributed by atoms with E-state index < -0.39 is 11.8 Å². The molecule has 80 valence electrons. The molecule has 0 spiro atoms. The second-order valence-electron chi connectivity index (χ2n) is 3.13. The quantitative estimate of drug-likeness (QED) is 0.424. The molecule has 9 nitrogen and oxygen atoms in total. The monoisotopic (exact) mass is 211 g/mol. The van der Waals surface area contributed by atoms with Crippen LogP contribution in [-0.2, 0) is 0 Å². The van der Waals surface area contributed by atoms with Gasteiger partial charge in [0.2, 0.25) is 0 Å². The Morgan fingerprint density at radius 3 is 2.07 bits per heavy atom. The van der Waals surface area contributed by atoms with Crippen LogP contribution in [-0.4, -0.2) is 34.9 Å². The summed E-state index contributed by atoms with van der Waals surface area (Å²) in [6, 6.07) is 0. The molecule has 1 rings (SSSR count). The van der Waals surface area contributed by atoms with Crippen LogP contribution >= 0.6 is 0 Å². The smallest absolute Gasteiger partial charge is 0.407 e. The molecule has 0 aromatic rings. The summed E-state index contributed by atoms with van der Waals surface area (Å²) in [7, 11) is 0. The molecule has 0 aliphatic carbocycles. The van der Waals surface area contributed by atoms with Crippen LogP contribution in [0.15, 0.2) is 10.2 Å². The molecule has 0 unspecified atom stereocenters. The first-order chi connectivity index (χ1) is 7.13. The zero-order chi connectivity index (χ0) is 11.3. The third-order valence-corrected chi connectivity index (χ3v) is 2.30. The number of amides is 1. The van der Waals surface area contributed by atoms with Crippen molar-refractivity contribution >= 4 is 6.09 Å². The van der Waals surface area contributed by atoms with Crippen LogP contribution in [0.5, 0.6) is 0 Å². The van der Waals surface area contributed by atoms with Gasteiger partial charge in [-0.15, -0.1) is 0 Å². The summed E-state index contributed by atoms with van der Waals surface area (Å²) in [4.78, 5) is 17.0. The predicted octanol–water partition coefficient (Wildman–Crippen LogP) is 2.08. The molecule has 0 atom stereocenters. The molecule has 1 aliphatic rings. The normalized spacial score (nSPS) is 18.5. The molecule has 0 aromatic carbocycles. The lowest BCUT2D eigenvalue weighted by Crippen LogP contribution is -2.44. The highest BCUT2D eigenvalue weighted by Crippen LogP contribution is 2.28. The van der Waals surface area contributed by atoms with Crippen molar-refractivity contribution in [2.24, 2.45) is 10.2 Å². The standard InChI is InChI=1S/C6H9N7O2/c7-11-9-6(10-12-8)1-3-13(4-2-6)5(14)15/h1-4H2,(H,14,15). The maximum absolute atomic E-state index is 10.6. The third-order valence-electron chi connectivity index (χ3n) is 2.30. The SMILES string of the molecule is [N-]=[N+]=NC1(N=[N+]=[N-])CCN(C(=O)O)CC1. The van der Waals surface area contributed by atoms with Gasteiger partial charge in [-0.05, 0) is 23.9 Å². The Hall–Kier alpha value is -2.11. The Bertz CT molecular complexity index is 326. The lowest BCUT2D eigenvalue weighted by Gasteiger charge is -2.33. The maximum Gasteiger partial charge on any atom is 0.407 e. The molecule has 1 saturated heterocycles. The van der Waals surface area contributed by atoms with Crippen LogP contribution < -0.4 is 0 Å². The van der Waals surface area contributed by atoms with Gasteiger partial charge in [0.15, 0.2) is 0 Å². The second-order valence-corrected chi connectivity index (χ2v) is 3.13. The Morgan fingerprint density at radius 1 is 1.27 bits per heavy atom. The van der Waals surface area contributed by atoms with Gasteiger partial charge in [0.25, 0.3) is 0 Å². The number of likely N-dealkylation sites (tertiary alicyclic amines) is 1. The molecule has 1 N–H and O–H groups in total. The predicted molar refractivity (Wildman–Crippen MR) is 49.9 cm³/mol. The number of hydrogen-bond acceptors (Lipinski definition) is 3. The van der Waals surface area contributed by atoms with Crippen LogP contribution in [0.1, 0.15) is 12.8 Å². The molecule has 0 saturated carbocycles. The number of hydrogen-bond donors (Lipinski definition) is 1. The molecule has 1 heterocycles. The van der Waals surface area contributed by atoms with E-state index in [1.165, 1.54) is 4.90 Å². The minimum Gasteiger partial charge on any atom is -0.465 e. The van der Waals surface area contributed by atoms with Gasteiger partial charge >= 0.3 is 6.09 Å². The minimum atomic E-state index is -1.14. The molecule has 0 bridgehead atoms. The molecular weight excluding hydrogens is 202 g/mol. The van der Waals surface area contributed by atoms with Crippen LogP contribution in [0.2, 0.25) is 0 Å². The van der Waals surface area contributed by atoms with Crippen molar-refractivity contribution in [3.05, 3.63) is 20.9 Å². The van der Waals surface area contributed by atoms with Gasteiger partial charge in [-0.2, -0.15) is 0 Å². The highest BCUT2D eigenvalue weighted by atomic mass is 16.4. The Morgan fingerprint density at radius 2 is 1.73 bits per heavy atom. The van der Waals surface area contributed by atoms with E-state index in [1.807, 2.05) is 0 Å². The summed E-state index contributed by atoms with van der Waals surface area (Å²) in [5.41, 5.74) is 15.5. The number of rotatable bonds is 2. The van der Waals surface area contributed by atoms with Gasteiger partial charge in [0, 0.05) is 22.9 Å². The highest BCUT2D eigenvalue weighted by molar-refractivity contribution is 5.65. The van der Waals surface area contributed by atoms with E-state index in [0.29, 0.717) is 0 Å². The fourth-order valence-corrected chi connectivity index (χ4v) is 1.44. The number of carboxylic acid groups (broad SMARTS) is 1. The number of azide groups is 1. The molecule has 1 aliphatic heterocycles. The summed E-state index contributed by atoms with van der Waals surface area (Å²) in [6.45, 7) is 0.404. The zero-order valence-electron chi connectivity index (χ0n) is 7.81. The van der Waals surface area contributed by atoms with Crippen LogP contribution in [0.4, 0.5) is 4.79 Å². The Labute approximate surface area is 84.5 Å². The minimum absolute atomic E-state index is 0.202. The summed E-state index contributed by atoms with van der Waals surface area (Å²) in [5, 5.41) is 15.6. The average Bonchev–Trinajstić information content (AvgIpc) is 2.19. The van der Waals surface area contributed by atoms with E-state index in [1.54, 1.807) is 0 Å². The van der Waals surface area contributed by atoms with Crippen LogP contribution in [0, 0.1) is 0 Å². The van der Waals surface area contributed by atoms with Crippen molar-refractivity contribution in [3.63, 3.8) is 0 Å². The van der Waals surface area contributed by atoms with Crippen molar-refractivity contribution < 1.29 is 9.90 Å². The molecule has 9 heteroatoms. The maximum atomic E-state index is 10.6. The number of nitrogens with zero attached hydrogens (tertiary/aromatic N) is 7. The first-order valence-electron chi connectivity index (χ1n) is 4.24. The fourth-order valence-electron chi connectivity index (χ4n) is 1.44. The second kappa shape index (κ2) is 4.41. The molecule has 1 amide bonds. The molecule has 0 aromatic heterocycles. The molecule has 15 heavy (non-hydrogen) atoms. The lowest BCUT2D eigenvalue weighted by molar-refractivity contribution is 0.119. The first kappa shape index (κ1) is 11.0. The van der Waals surface area contributed by atoms with E-state index in [4.69, 9.17) is 16.2 Å². The third kappa shape index (κ3) is 2.43. The molecule has 1 fully saturated rings. The Kier molecular flexibility index (Phi) is 3.22. The van der Waals surface area contributed by atoms with E-state index >= 15 is 0 Å². The largest absolute Gasteiger partial charge is 0.465 e. The zero-order valence-corrected chi connectivity index (χ0v) is 7.81. The number of carbonyl (C=O) groups is 1. The van der Waals surface area contributed by atoms with Gasteiger partial charge < -0.3 is 10.0 Å². The van der Waals surface area contributed by atoms with E-state index in [-0.39, 0.29) is 25.9 Å². The summed E-state index contributed by atoms with van der Waals surface area (Å²) in [5.74, 6) is 0. The van der Waals surface area contributed by atoms with Gasteiger partial charge in [0.05, 0.1) is 0 Å². The first-order valence-corrected chi connectivity index (χ1v) is 4.24. The average molecular weight is 211 g/mol. The van der Waals surface area contributed by atoms with Crippen molar-refractivity contribution in [1.29, 1.82) is 0 Å². The highest BCUT2D eigenvalue weighted by Gasteiger charge is 2.34. The van der Waals surface area contributed by atoms with Crippen molar-refractivity contribution in [2.75, 3.05) is 13.1 Å².